The van der Waals surface area contributed by atoms with Gasteiger partial charge in [0.05, 0.1) is 0 Å². The first-order valence-corrected chi connectivity index (χ1v) is 9.01. The summed E-state index contributed by atoms with van der Waals surface area (Å²) in [6.07, 6.45) is 6.24. The van der Waals surface area contributed by atoms with Gasteiger partial charge in [0.15, 0.2) is 0 Å². The third kappa shape index (κ3) is 2.90. The monoisotopic (exact) mass is 290 g/mol. The number of benzene rings is 1. The Labute approximate surface area is 127 Å². The van der Waals surface area contributed by atoms with Crippen molar-refractivity contribution in [1.82, 2.24) is 4.90 Å². The lowest BCUT2D eigenvalue weighted by Crippen LogP contribution is -2.43. The van der Waals surface area contributed by atoms with Gasteiger partial charge in [-0.15, -0.1) is 11.8 Å². The van der Waals surface area contributed by atoms with E-state index in [0.29, 0.717) is 12.1 Å². The molecule has 1 aliphatic heterocycles. The predicted octanol–water partition coefficient (Wildman–Crippen LogP) is 3.82. The number of nitrogens with zero attached hydrogens (tertiary/aromatic N) is 1. The summed E-state index contributed by atoms with van der Waals surface area (Å²) in [5.74, 6) is 1.25. The van der Waals surface area contributed by atoms with Crippen LogP contribution in [-0.2, 0) is 0 Å². The van der Waals surface area contributed by atoms with Crippen LogP contribution in [0.5, 0.6) is 0 Å². The second kappa shape index (κ2) is 6.50. The van der Waals surface area contributed by atoms with Crippen molar-refractivity contribution in [1.29, 1.82) is 0 Å². The Hall–Kier alpha value is -0.510. The van der Waals surface area contributed by atoms with Crippen LogP contribution in [0.2, 0.25) is 0 Å². The van der Waals surface area contributed by atoms with Crippen molar-refractivity contribution in [2.75, 3.05) is 12.3 Å². The van der Waals surface area contributed by atoms with Gasteiger partial charge in [0.2, 0.25) is 0 Å². The zero-order chi connectivity index (χ0) is 13.9. The molecular weight excluding hydrogens is 264 g/mol. The first kappa shape index (κ1) is 14.4. The van der Waals surface area contributed by atoms with E-state index in [4.69, 9.17) is 5.73 Å². The van der Waals surface area contributed by atoms with Crippen molar-refractivity contribution >= 4 is 11.8 Å². The molecule has 1 aromatic rings. The summed E-state index contributed by atoms with van der Waals surface area (Å²) in [6.45, 7) is 3.47. The van der Waals surface area contributed by atoms with E-state index in [-0.39, 0.29) is 0 Å². The van der Waals surface area contributed by atoms with E-state index in [1.165, 1.54) is 42.8 Å². The van der Waals surface area contributed by atoms with Crippen molar-refractivity contribution in [2.45, 2.75) is 62.0 Å². The normalized spacial score (nSPS) is 30.2. The Balaban J connectivity index is 1.80. The Morgan fingerprint density at radius 2 is 1.90 bits per heavy atom. The van der Waals surface area contributed by atoms with Crippen LogP contribution in [0.25, 0.3) is 0 Å². The summed E-state index contributed by atoms with van der Waals surface area (Å²) in [5, 5.41) is 0. The summed E-state index contributed by atoms with van der Waals surface area (Å²) < 4.78 is 0. The van der Waals surface area contributed by atoms with Gasteiger partial charge in [-0.3, -0.25) is 4.90 Å². The second-order valence-electron chi connectivity index (χ2n) is 6.09. The van der Waals surface area contributed by atoms with Gasteiger partial charge in [-0.2, -0.15) is 0 Å². The average molecular weight is 290 g/mol. The first-order chi connectivity index (χ1) is 9.79. The highest BCUT2D eigenvalue weighted by Gasteiger charge is 2.31. The second-order valence-corrected chi connectivity index (χ2v) is 7.23. The van der Waals surface area contributed by atoms with Gasteiger partial charge in [0.1, 0.15) is 0 Å². The molecule has 2 N–H and O–H groups in total. The Morgan fingerprint density at radius 3 is 2.65 bits per heavy atom. The smallest absolute Gasteiger partial charge is 0.0370 e. The maximum atomic E-state index is 6.07. The van der Waals surface area contributed by atoms with E-state index >= 15 is 0 Å². The summed E-state index contributed by atoms with van der Waals surface area (Å²) >= 11 is 2.02. The van der Waals surface area contributed by atoms with Crippen LogP contribution in [0.3, 0.4) is 0 Å². The largest absolute Gasteiger partial charge is 0.328 e. The molecule has 0 radical (unpaired) electrons. The van der Waals surface area contributed by atoms with Gasteiger partial charge in [0, 0.05) is 23.0 Å². The Bertz CT molecular complexity index is 440. The molecule has 3 rings (SSSR count). The van der Waals surface area contributed by atoms with E-state index in [0.717, 1.165) is 12.6 Å². The quantitative estimate of drug-likeness (QED) is 0.917. The molecule has 1 aromatic carbocycles. The minimum atomic E-state index is 0.444. The fourth-order valence-electron chi connectivity index (χ4n) is 3.83. The molecule has 1 aliphatic carbocycles. The van der Waals surface area contributed by atoms with Crippen LogP contribution in [0.4, 0.5) is 0 Å². The highest BCUT2D eigenvalue weighted by Crippen LogP contribution is 2.41. The minimum Gasteiger partial charge on any atom is -0.328 e. The van der Waals surface area contributed by atoms with E-state index in [9.17, 15) is 0 Å². The Morgan fingerprint density at radius 1 is 1.15 bits per heavy atom. The number of thioether (sulfide) groups is 1. The first-order valence-electron chi connectivity index (χ1n) is 8.02. The third-order valence-electron chi connectivity index (χ3n) is 4.90. The molecule has 110 valence electrons. The SMILES string of the molecule is CCN(C1CCC(N)CC1)C1CCSc2ccccc21. The lowest BCUT2D eigenvalue weighted by molar-refractivity contribution is 0.101. The van der Waals surface area contributed by atoms with Crippen molar-refractivity contribution in [3.05, 3.63) is 29.8 Å². The lowest BCUT2D eigenvalue weighted by atomic mass is 9.88. The molecule has 3 heteroatoms. The molecule has 0 amide bonds. The van der Waals surface area contributed by atoms with Crippen molar-refractivity contribution < 1.29 is 0 Å². The molecule has 2 aliphatic rings. The van der Waals surface area contributed by atoms with Gasteiger partial charge < -0.3 is 5.73 Å². The standard InChI is InChI=1S/C17H26N2S/c1-2-19(14-9-7-13(18)8-10-14)16-11-12-20-17-6-4-3-5-15(16)17/h3-6,13-14,16H,2,7-12,18H2,1H3. The van der Waals surface area contributed by atoms with E-state index in [2.05, 4.69) is 36.1 Å². The van der Waals surface area contributed by atoms with Crippen molar-refractivity contribution in [2.24, 2.45) is 5.73 Å². The summed E-state index contributed by atoms with van der Waals surface area (Å²) in [5.41, 5.74) is 7.63. The number of fused-ring (bicyclic) bond motifs is 1. The van der Waals surface area contributed by atoms with Crippen LogP contribution in [-0.4, -0.2) is 29.3 Å². The zero-order valence-corrected chi connectivity index (χ0v) is 13.2. The molecule has 2 nitrogen and oxygen atoms in total. The van der Waals surface area contributed by atoms with Crippen LogP contribution < -0.4 is 5.73 Å². The number of hydrogen-bond donors (Lipinski definition) is 1. The molecule has 1 fully saturated rings. The van der Waals surface area contributed by atoms with Crippen LogP contribution in [0, 0.1) is 0 Å². The molecule has 0 saturated heterocycles. The topological polar surface area (TPSA) is 29.3 Å². The fraction of sp³-hybridized carbons (Fsp3) is 0.647. The van der Waals surface area contributed by atoms with Gasteiger partial charge in [0.25, 0.3) is 0 Å². The zero-order valence-electron chi connectivity index (χ0n) is 12.4. The molecule has 1 atom stereocenters. The van der Waals surface area contributed by atoms with Crippen molar-refractivity contribution in [3.63, 3.8) is 0 Å². The molecular formula is C17H26N2S. The van der Waals surface area contributed by atoms with Crippen molar-refractivity contribution in [3.8, 4) is 0 Å². The van der Waals surface area contributed by atoms with Gasteiger partial charge in [-0.1, -0.05) is 25.1 Å². The molecule has 1 unspecified atom stereocenters. The van der Waals surface area contributed by atoms with E-state index in [1.54, 1.807) is 5.56 Å². The van der Waals surface area contributed by atoms with Gasteiger partial charge in [-0.05, 0) is 56.0 Å². The average Bonchev–Trinajstić information content (AvgIpc) is 2.50. The summed E-state index contributed by atoms with van der Waals surface area (Å²) in [7, 11) is 0. The molecule has 1 saturated carbocycles. The molecule has 20 heavy (non-hydrogen) atoms. The van der Waals surface area contributed by atoms with E-state index in [1.807, 2.05) is 11.8 Å². The highest BCUT2D eigenvalue weighted by atomic mass is 32.2. The molecule has 0 spiro atoms. The minimum absolute atomic E-state index is 0.444. The number of hydrogen-bond acceptors (Lipinski definition) is 3. The number of rotatable bonds is 3. The lowest BCUT2D eigenvalue weighted by Gasteiger charge is -2.42. The summed E-state index contributed by atoms with van der Waals surface area (Å²) in [4.78, 5) is 4.25. The predicted molar refractivity (Wildman–Crippen MR) is 87.1 cm³/mol. The van der Waals surface area contributed by atoms with E-state index < -0.39 is 0 Å². The highest BCUT2D eigenvalue weighted by molar-refractivity contribution is 7.99. The maximum Gasteiger partial charge on any atom is 0.0370 e. The molecule has 1 heterocycles. The molecule has 0 bridgehead atoms. The number of nitrogens with two attached hydrogens (primary N) is 1. The van der Waals surface area contributed by atoms with Crippen LogP contribution >= 0.6 is 11.8 Å². The molecule has 0 aromatic heterocycles. The maximum absolute atomic E-state index is 6.07. The van der Waals surface area contributed by atoms with Gasteiger partial charge >= 0.3 is 0 Å². The van der Waals surface area contributed by atoms with Crippen LogP contribution in [0.15, 0.2) is 29.2 Å². The summed E-state index contributed by atoms with van der Waals surface area (Å²) in [6, 6.07) is 10.8. The fourth-order valence-corrected chi connectivity index (χ4v) is 4.94. The third-order valence-corrected chi connectivity index (χ3v) is 6.03. The van der Waals surface area contributed by atoms with Crippen LogP contribution in [0.1, 0.15) is 50.6 Å². The van der Waals surface area contributed by atoms with Gasteiger partial charge in [-0.25, -0.2) is 0 Å². The Kier molecular flexibility index (Phi) is 4.69.